The topological polar surface area (TPSA) is 36.4 Å². The van der Waals surface area contributed by atoms with E-state index in [1.54, 1.807) is 25.1 Å². The van der Waals surface area contributed by atoms with Gasteiger partial charge >= 0.3 is 0 Å². The average Bonchev–Trinajstić information content (AvgIpc) is 2.83. The van der Waals surface area contributed by atoms with Gasteiger partial charge in [0.05, 0.1) is 0 Å². The number of benzene rings is 1. The standard InChI is InChI=1S/C24H27BrClN3O.C3H8.C2H6.CH4/c1-16(13-21-17(2)27-10-7-22(21)25)15-29-11-8-18(9-12-29)20-6-5-19(14-23(20)26)24(30)28(3)4;1-3-2;1-2;/h5-8,10,13-14H,9,11-12,15H2,1-4H3;3H2,1-2H3;1-2H3;1H4/b16-13+;;;. The average molecular weight is 579 g/mol. The summed E-state index contributed by atoms with van der Waals surface area (Å²) in [6.45, 7) is 15.2. The predicted octanol–water partition coefficient (Wildman–Crippen LogP) is 8.78. The maximum absolute atomic E-state index is 12.1. The van der Waals surface area contributed by atoms with Gasteiger partial charge in [-0.25, -0.2) is 0 Å². The van der Waals surface area contributed by atoms with Crippen molar-refractivity contribution >= 4 is 45.1 Å². The van der Waals surface area contributed by atoms with Crippen LogP contribution >= 0.6 is 27.5 Å². The van der Waals surface area contributed by atoms with Crippen molar-refractivity contribution in [2.75, 3.05) is 33.7 Å². The number of aryl methyl sites for hydroxylation is 1. The van der Waals surface area contributed by atoms with Crippen molar-refractivity contribution < 1.29 is 4.79 Å². The van der Waals surface area contributed by atoms with Gasteiger partial charge in [-0.15, -0.1) is 0 Å². The lowest BCUT2D eigenvalue weighted by Crippen LogP contribution is -2.30. The molecule has 200 valence electrons. The smallest absolute Gasteiger partial charge is 0.253 e. The Morgan fingerprint density at radius 1 is 1.22 bits per heavy atom. The van der Waals surface area contributed by atoms with Gasteiger partial charge < -0.3 is 4.90 Å². The van der Waals surface area contributed by atoms with E-state index in [1.807, 2.05) is 45.2 Å². The number of nitrogens with zero attached hydrogens (tertiary/aromatic N) is 3. The largest absolute Gasteiger partial charge is 0.345 e. The van der Waals surface area contributed by atoms with E-state index in [1.165, 1.54) is 17.6 Å². The summed E-state index contributed by atoms with van der Waals surface area (Å²) in [5.74, 6) is -0.0370. The zero-order valence-corrected chi connectivity index (χ0v) is 24.9. The first-order chi connectivity index (χ1) is 16.7. The van der Waals surface area contributed by atoms with E-state index in [9.17, 15) is 4.79 Å². The second kappa shape index (κ2) is 17.5. The van der Waals surface area contributed by atoms with Gasteiger partial charge in [-0.3, -0.25) is 14.7 Å². The molecule has 0 spiro atoms. The Hall–Kier alpha value is -1.95. The minimum Gasteiger partial charge on any atom is -0.345 e. The third-order valence-corrected chi connectivity index (χ3v) is 6.27. The van der Waals surface area contributed by atoms with Crippen LogP contribution in [0.2, 0.25) is 5.02 Å². The Morgan fingerprint density at radius 2 is 1.86 bits per heavy atom. The molecular weight excluding hydrogens is 534 g/mol. The van der Waals surface area contributed by atoms with Gasteiger partial charge in [-0.2, -0.15) is 0 Å². The third kappa shape index (κ3) is 10.2. The van der Waals surface area contributed by atoms with Crippen molar-refractivity contribution in [1.29, 1.82) is 0 Å². The molecule has 0 bridgehead atoms. The highest BCUT2D eigenvalue weighted by molar-refractivity contribution is 9.10. The number of hydrogen-bond acceptors (Lipinski definition) is 3. The van der Waals surface area contributed by atoms with Crippen molar-refractivity contribution in [1.82, 2.24) is 14.8 Å². The van der Waals surface area contributed by atoms with Crippen molar-refractivity contribution in [2.24, 2.45) is 0 Å². The monoisotopic (exact) mass is 577 g/mol. The normalized spacial score (nSPS) is 13.3. The predicted molar refractivity (Wildman–Crippen MR) is 163 cm³/mol. The molecule has 6 heteroatoms. The van der Waals surface area contributed by atoms with Crippen molar-refractivity contribution in [3.8, 4) is 0 Å². The first-order valence-corrected chi connectivity index (χ1v) is 13.6. The molecule has 1 aliphatic heterocycles. The van der Waals surface area contributed by atoms with Crippen LogP contribution in [0, 0.1) is 6.92 Å². The zero-order valence-electron chi connectivity index (χ0n) is 22.6. The molecule has 0 unspecified atom stereocenters. The molecule has 3 rings (SSSR count). The molecule has 1 aliphatic rings. The van der Waals surface area contributed by atoms with Crippen LogP contribution in [-0.2, 0) is 0 Å². The minimum absolute atomic E-state index is 0. The lowest BCUT2D eigenvalue weighted by Gasteiger charge is -2.27. The first kappa shape index (κ1) is 34.0. The number of hydrogen-bond donors (Lipinski definition) is 0. The summed E-state index contributed by atoms with van der Waals surface area (Å²) in [4.78, 5) is 20.5. The summed E-state index contributed by atoms with van der Waals surface area (Å²) < 4.78 is 1.07. The van der Waals surface area contributed by atoms with E-state index in [0.717, 1.165) is 47.3 Å². The second-order valence-corrected chi connectivity index (χ2v) is 9.86. The Morgan fingerprint density at radius 3 is 2.36 bits per heavy atom. The summed E-state index contributed by atoms with van der Waals surface area (Å²) in [7, 11) is 3.49. The molecule has 0 radical (unpaired) electrons. The maximum Gasteiger partial charge on any atom is 0.253 e. The molecule has 1 aromatic heterocycles. The maximum atomic E-state index is 12.1. The van der Waals surface area contributed by atoms with Gasteiger partial charge in [0.1, 0.15) is 0 Å². The highest BCUT2D eigenvalue weighted by atomic mass is 79.9. The molecule has 0 atom stereocenters. The lowest BCUT2D eigenvalue weighted by molar-refractivity contribution is 0.0827. The summed E-state index contributed by atoms with van der Waals surface area (Å²) in [5, 5.41) is 0.635. The number of rotatable bonds is 5. The molecule has 0 saturated heterocycles. The quantitative estimate of drug-likeness (QED) is 0.356. The summed E-state index contributed by atoms with van der Waals surface area (Å²) in [6.07, 6.45) is 8.46. The van der Waals surface area contributed by atoms with Crippen LogP contribution in [0.3, 0.4) is 0 Å². The number of aromatic nitrogens is 1. The fraction of sp³-hybridized carbons (Fsp3) is 0.467. The second-order valence-electron chi connectivity index (χ2n) is 8.60. The molecular formula is C30H45BrClN3O. The van der Waals surface area contributed by atoms with Crippen LogP contribution in [0.25, 0.3) is 11.6 Å². The van der Waals surface area contributed by atoms with E-state index in [2.05, 4.69) is 58.7 Å². The fourth-order valence-corrected chi connectivity index (χ4v) is 4.45. The number of carbonyl (C=O) groups excluding carboxylic acids is 1. The number of amides is 1. The van der Waals surface area contributed by atoms with Crippen LogP contribution in [-0.4, -0.2) is 54.4 Å². The molecule has 36 heavy (non-hydrogen) atoms. The minimum atomic E-state index is -0.0370. The Labute approximate surface area is 233 Å². The van der Waals surface area contributed by atoms with Crippen molar-refractivity contribution in [2.45, 2.75) is 61.8 Å². The van der Waals surface area contributed by atoms with Gasteiger partial charge in [0.25, 0.3) is 5.91 Å². The molecule has 4 nitrogen and oxygen atoms in total. The van der Waals surface area contributed by atoms with E-state index in [0.29, 0.717) is 10.6 Å². The van der Waals surface area contributed by atoms with Gasteiger partial charge in [0, 0.05) is 66.2 Å². The van der Waals surface area contributed by atoms with E-state index < -0.39 is 0 Å². The van der Waals surface area contributed by atoms with Crippen LogP contribution in [0.15, 0.2) is 46.6 Å². The number of halogens is 2. The molecule has 0 N–H and O–H groups in total. The third-order valence-electron chi connectivity index (χ3n) is 5.26. The summed E-state index contributed by atoms with van der Waals surface area (Å²) in [5.41, 5.74) is 6.34. The molecule has 0 fully saturated rings. The number of pyridine rings is 1. The van der Waals surface area contributed by atoms with Crippen molar-refractivity contribution in [3.05, 3.63) is 74.0 Å². The van der Waals surface area contributed by atoms with Crippen LogP contribution in [0.1, 0.15) is 82.1 Å². The van der Waals surface area contributed by atoms with Crippen LogP contribution < -0.4 is 0 Å². The summed E-state index contributed by atoms with van der Waals surface area (Å²) in [6, 6.07) is 7.57. The van der Waals surface area contributed by atoms with Gasteiger partial charge in [0.2, 0.25) is 0 Å². The summed E-state index contributed by atoms with van der Waals surface area (Å²) >= 11 is 10.1. The van der Waals surface area contributed by atoms with E-state index >= 15 is 0 Å². The molecule has 1 aromatic carbocycles. The Bertz CT molecular complexity index is 1010. The lowest BCUT2D eigenvalue weighted by atomic mass is 9.97. The SMILES string of the molecule is C.C/C(=C\c1c(Br)ccnc1C)CN1CC=C(c2ccc(C(=O)N(C)C)cc2Cl)CC1.CC.CCC. The van der Waals surface area contributed by atoms with Gasteiger partial charge in [-0.1, -0.05) is 92.9 Å². The zero-order chi connectivity index (χ0) is 26.5. The van der Waals surface area contributed by atoms with Crippen LogP contribution in [0.5, 0.6) is 0 Å². The van der Waals surface area contributed by atoms with E-state index in [-0.39, 0.29) is 13.3 Å². The fourth-order valence-electron chi connectivity index (χ4n) is 3.63. The molecule has 1 amide bonds. The molecule has 2 heterocycles. The molecule has 2 aromatic rings. The van der Waals surface area contributed by atoms with E-state index in [4.69, 9.17) is 11.6 Å². The Balaban J connectivity index is 0.00000190. The van der Waals surface area contributed by atoms with Gasteiger partial charge in [0.15, 0.2) is 0 Å². The molecule has 0 aliphatic carbocycles. The highest BCUT2D eigenvalue weighted by Gasteiger charge is 2.17. The molecule has 0 saturated carbocycles. The first-order valence-electron chi connectivity index (χ1n) is 12.4. The van der Waals surface area contributed by atoms with Gasteiger partial charge in [-0.05, 0) is 49.6 Å². The number of carbonyl (C=O) groups is 1. The van der Waals surface area contributed by atoms with Crippen molar-refractivity contribution in [3.63, 3.8) is 0 Å². The van der Waals surface area contributed by atoms with Crippen LogP contribution in [0.4, 0.5) is 0 Å². The highest BCUT2D eigenvalue weighted by Crippen LogP contribution is 2.30. The Kier molecular flexibility index (Phi) is 16.5.